The summed E-state index contributed by atoms with van der Waals surface area (Å²) in [6.45, 7) is 4.82. The number of rotatable bonds is 7. The van der Waals surface area contributed by atoms with Crippen LogP contribution in [0.3, 0.4) is 0 Å². The fourth-order valence-corrected chi connectivity index (χ4v) is 3.10. The van der Waals surface area contributed by atoms with E-state index in [1.807, 2.05) is 18.2 Å². The minimum Gasteiger partial charge on any atom is -0.481 e. The van der Waals surface area contributed by atoms with Gasteiger partial charge >= 0.3 is 5.97 Å². The highest BCUT2D eigenvalue weighted by Gasteiger charge is 2.45. The summed E-state index contributed by atoms with van der Waals surface area (Å²) in [6.07, 6.45) is 2.23. The normalized spacial score (nSPS) is 17.6. The van der Waals surface area contributed by atoms with Crippen LogP contribution in [0.25, 0.3) is 0 Å². The number of benzene rings is 1. The van der Waals surface area contributed by atoms with Gasteiger partial charge in [0.1, 0.15) is 0 Å². The summed E-state index contributed by atoms with van der Waals surface area (Å²) in [5.74, 6) is -0.340. The monoisotopic (exact) mass is 303 g/mol. The van der Waals surface area contributed by atoms with Gasteiger partial charge in [-0.2, -0.15) is 0 Å². The van der Waals surface area contributed by atoms with Crippen molar-refractivity contribution in [1.82, 2.24) is 5.32 Å². The van der Waals surface area contributed by atoms with Crippen LogP contribution < -0.4 is 5.32 Å². The van der Waals surface area contributed by atoms with Gasteiger partial charge in [-0.1, -0.05) is 50.6 Å². The number of carboxylic acids is 1. The summed E-state index contributed by atoms with van der Waals surface area (Å²) in [5, 5.41) is 12.2. The van der Waals surface area contributed by atoms with Crippen LogP contribution in [0.15, 0.2) is 30.3 Å². The van der Waals surface area contributed by atoms with Crippen molar-refractivity contribution in [3.63, 3.8) is 0 Å². The van der Waals surface area contributed by atoms with Crippen LogP contribution in [0, 0.1) is 11.3 Å². The zero-order chi connectivity index (χ0) is 16.2. The molecule has 0 saturated heterocycles. The fraction of sp³-hybridized carbons (Fsp3) is 0.556. The van der Waals surface area contributed by atoms with E-state index in [0.29, 0.717) is 25.3 Å². The number of carbonyl (C=O) groups excluding carboxylic acids is 1. The molecule has 2 rings (SSSR count). The molecule has 0 bridgehead atoms. The molecule has 22 heavy (non-hydrogen) atoms. The highest BCUT2D eigenvalue weighted by atomic mass is 16.4. The molecule has 1 amide bonds. The largest absolute Gasteiger partial charge is 0.481 e. The molecule has 0 aliphatic heterocycles. The average molecular weight is 303 g/mol. The van der Waals surface area contributed by atoms with Crippen LogP contribution in [0.2, 0.25) is 0 Å². The summed E-state index contributed by atoms with van der Waals surface area (Å²) >= 11 is 0. The van der Waals surface area contributed by atoms with Crippen LogP contribution in [-0.2, 0) is 9.59 Å². The molecule has 1 saturated carbocycles. The highest BCUT2D eigenvalue weighted by Crippen LogP contribution is 2.44. The van der Waals surface area contributed by atoms with E-state index in [9.17, 15) is 14.7 Å². The molecule has 1 fully saturated rings. The first-order chi connectivity index (χ1) is 10.4. The number of hydrogen-bond acceptors (Lipinski definition) is 2. The molecule has 4 nitrogen and oxygen atoms in total. The summed E-state index contributed by atoms with van der Waals surface area (Å²) in [4.78, 5) is 23.5. The van der Waals surface area contributed by atoms with Crippen molar-refractivity contribution in [2.24, 2.45) is 11.3 Å². The topological polar surface area (TPSA) is 66.4 Å². The van der Waals surface area contributed by atoms with Gasteiger partial charge in [-0.25, -0.2) is 0 Å². The maximum absolute atomic E-state index is 12.1. The van der Waals surface area contributed by atoms with E-state index in [2.05, 4.69) is 31.3 Å². The van der Waals surface area contributed by atoms with Gasteiger partial charge in [-0.05, 0) is 24.3 Å². The van der Waals surface area contributed by atoms with Gasteiger partial charge in [0.25, 0.3) is 0 Å². The Kier molecular flexibility index (Phi) is 5.22. The zero-order valence-electron chi connectivity index (χ0n) is 13.3. The van der Waals surface area contributed by atoms with Gasteiger partial charge in [-0.3, -0.25) is 9.59 Å². The second-order valence-electron chi connectivity index (χ2n) is 6.68. The lowest BCUT2D eigenvalue weighted by Gasteiger charge is -2.37. The Morgan fingerprint density at radius 3 is 2.32 bits per heavy atom. The van der Waals surface area contributed by atoms with E-state index in [4.69, 9.17) is 0 Å². The van der Waals surface area contributed by atoms with Crippen LogP contribution >= 0.6 is 0 Å². The standard InChI is InChI=1S/C18H25NO3/c1-13(2)15(14-7-4-3-5-8-14)12-19-16(20)11-18(17(21)22)9-6-10-18/h3-5,7-8,13,15H,6,9-12H2,1-2H3,(H,19,20)(H,21,22). The third-order valence-corrected chi connectivity index (χ3v) is 4.81. The fourth-order valence-electron chi connectivity index (χ4n) is 3.10. The number of amides is 1. The van der Waals surface area contributed by atoms with Crippen molar-refractivity contribution < 1.29 is 14.7 Å². The molecule has 1 aromatic rings. The maximum Gasteiger partial charge on any atom is 0.310 e. The van der Waals surface area contributed by atoms with Gasteiger partial charge in [0.2, 0.25) is 5.91 Å². The summed E-state index contributed by atoms with van der Waals surface area (Å²) in [6, 6.07) is 10.1. The third kappa shape index (κ3) is 3.67. The molecule has 1 aliphatic rings. The molecule has 1 atom stereocenters. The number of carbonyl (C=O) groups is 2. The summed E-state index contributed by atoms with van der Waals surface area (Å²) in [5.41, 5.74) is 0.388. The Bertz CT molecular complexity index is 520. The lowest BCUT2D eigenvalue weighted by atomic mass is 9.66. The Morgan fingerprint density at radius 2 is 1.86 bits per heavy atom. The molecule has 1 aliphatic carbocycles. The second-order valence-corrected chi connectivity index (χ2v) is 6.68. The van der Waals surface area contributed by atoms with Crippen LogP contribution in [-0.4, -0.2) is 23.5 Å². The summed E-state index contributed by atoms with van der Waals surface area (Å²) in [7, 11) is 0. The number of carboxylic acid groups (broad SMARTS) is 1. The highest BCUT2D eigenvalue weighted by molar-refractivity contribution is 5.85. The second kappa shape index (κ2) is 6.95. The number of hydrogen-bond donors (Lipinski definition) is 2. The van der Waals surface area contributed by atoms with E-state index >= 15 is 0 Å². The van der Waals surface area contributed by atoms with Crippen LogP contribution in [0.1, 0.15) is 51.0 Å². The Morgan fingerprint density at radius 1 is 1.23 bits per heavy atom. The van der Waals surface area contributed by atoms with Crippen molar-refractivity contribution >= 4 is 11.9 Å². The van der Waals surface area contributed by atoms with E-state index < -0.39 is 11.4 Å². The van der Waals surface area contributed by atoms with E-state index in [-0.39, 0.29) is 18.2 Å². The molecule has 1 aromatic carbocycles. The van der Waals surface area contributed by atoms with Crippen LogP contribution in [0.4, 0.5) is 0 Å². The van der Waals surface area contributed by atoms with Gasteiger partial charge in [0.05, 0.1) is 5.41 Å². The maximum atomic E-state index is 12.1. The van der Waals surface area contributed by atoms with E-state index in [0.717, 1.165) is 6.42 Å². The first kappa shape index (κ1) is 16.5. The Hall–Kier alpha value is -1.84. The first-order valence-electron chi connectivity index (χ1n) is 8.00. The van der Waals surface area contributed by atoms with E-state index in [1.165, 1.54) is 5.56 Å². The van der Waals surface area contributed by atoms with Gasteiger partial charge in [0, 0.05) is 18.9 Å². The molecular weight excluding hydrogens is 278 g/mol. The SMILES string of the molecule is CC(C)C(CNC(=O)CC1(C(=O)O)CCC1)c1ccccc1. The van der Waals surface area contributed by atoms with Crippen molar-refractivity contribution in [2.45, 2.75) is 45.4 Å². The van der Waals surface area contributed by atoms with Crippen LogP contribution in [0.5, 0.6) is 0 Å². The van der Waals surface area contributed by atoms with Gasteiger partial charge in [-0.15, -0.1) is 0 Å². The smallest absolute Gasteiger partial charge is 0.310 e. The van der Waals surface area contributed by atoms with Gasteiger partial charge < -0.3 is 10.4 Å². The molecule has 0 radical (unpaired) electrons. The van der Waals surface area contributed by atoms with Gasteiger partial charge in [0.15, 0.2) is 0 Å². The van der Waals surface area contributed by atoms with Crippen molar-refractivity contribution in [3.8, 4) is 0 Å². The van der Waals surface area contributed by atoms with Crippen molar-refractivity contribution in [1.29, 1.82) is 0 Å². The molecular formula is C18H25NO3. The minimum absolute atomic E-state index is 0.0991. The molecule has 2 N–H and O–H groups in total. The van der Waals surface area contributed by atoms with E-state index in [1.54, 1.807) is 0 Å². The molecule has 120 valence electrons. The predicted octanol–water partition coefficient (Wildman–Crippen LogP) is 3.19. The molecule has 0 aromatic heterocycles. The first-order valence-corrected chi connectivity index (χ1v) is 8.00. The minimum atomic E-state index is -0.836. The van der Waals surface area contributed by atoms with Crippen molar-refractivity contribution in [2.75, 3.05) is 6.54 Å². The molecule has 0 heterocycles. The summed E-state index contributed by atoms with van der Waals surface area (Å²) < 4.78 is 0. The quantitative estimate of drug-likeness (QED) is 0.813. The predicted molar refractivity (Wildman–Crippen MR) is 85.6 cm³/mol. The lowest BCUT2D eigenvalue weighted by Crippen LogP contribution is -2.43. The zero-order valence-corrected chi connectivity index (χ0v) is 13.3. The number of aliphatic carboxylic acids is 1. The van der Waals surface area contributed by atoms with Crippen molar-refractivity contribution in [3.05, 3.63) is 35.9 Å². The third-order valence-electron chi connectivity index (χ3n) is 4.81. The lowest BCUT2D eigenvalue weighted by molar-refractivity contribution is -0.157. The molecule has 1 unspecified atom stereocenters. The molecule has 4 heteroatoms. The Labute approximate surface area is 131 Å². The number of nitrogens with one attached hydrogen (secondary N) is 1. The average Bonchev–Trinajstić information content (AvgIpc) is 2.43. The Balaban J connectivity index is 1.92. The molecule has 0 spiro atoms.